The van der Waals surface area contributed by atoms with Crippen LogP contribution in [0.4, 0.5) is 0 Å². The van der Waals surface area contributed by atoms with Crippen molar-refractivity contribution in [2.75, 3.05) is 19.6 Å². The lowest BCUT2D eigenvalue weighted by molar-refractivity contribution is -0.139. The Bertz CT molecular complexity index is 934. The van der Waals surface area contributed by atoms with Crippen LogP contribution in [0.3, 0.4) is 0 Å². The highest BCUT2D eigenvalue weighted by molar-refractivity contribution is 6.03. The van der Waals surface area contributed by atoms with Gasteiger partial charge in [-0.15, -0.1) is 0 Å². The third-order valence-corrected chi connectivity index (χ3v) is 5.75. The Balaban J connectivity index is 1.59. The Morgan fingerprint density at radius 1 is 1.27 bits per heavy atom. The van der Waals surface area contributed by atoms with Crippen molar-refractivity contribution in [1.82, 2.24) is 15.2 Å². The number of hydrogen-bond donors (Lipinski definition) is 1. The number of nitrogens with zero attached hydrogens (tertiary/aromatic N) is 3. The molecule has 0 bridgehead atoms. The molecule has 0 spiro atoms. The average Bonchev–Trinajstić information content (AvgIpc) is 3.38. The minimum atomic E-state index is -0.312. The zero-order valence-corrected chi connectivity index (χ0v) is 17.7. The van der Waals surface area contributed by atoms with Crippen molar-refractivity contribution in [2.45, 2.75) is 39.3 Å². The number of aryl methyl sites for hydroxylation is 1. The summed E-state index contributed by atoms with van der Waals surface area (Å²) in [6, 6.07) is 11.3. The second-order valence-corrected chi connectivity index (χ2v) is 8.34. The molecule has 2 aromatic rings. The second-order valence-electron chi connectivity index (χ2n) is 8.34. The fourth-order valence-electron chi connectivity index (χ4n) is 4.24. The first kappa shape index (κ1) is 20.3. The molecular weight excluding hydrogens is 380 g/mol. The van der Waals surface area contributed by atoms with E-state index in [1.54, 1.807) is 6.26 Å². The van der Waals surface area contributed by atoms with Crippen LogP contribution in [0.2, 0.25) is 0 Å². The van der Waals surface area contributed by atoms with Crippen molar-refractivity contribution in [2.24, 2.45) is 11.0 Å². The molecule has 2 aliphatic rings. The summed E-state index contributed by atoms with van der Waals surface area (Å²) in [5.74, 6) is 0.686. The standard InChI is InChI=1S/C23H28N4O3/c1-15(2)22-23(29)24-10-11-26(22)14-21(28)27-19(20-5-4-12-30-20)13-18(25-27)17-8-6-16(3)7-9-17/h4-9,12,15,19,22H,10-11,13-14H2,1-3H3,(H,24,29). The zero-order chi connectivity index (χ0) is 21.3. The number of benzene rings is 1. The minimum absolute atomic E-state index is 0.0168. The average molecular weight is 409 g/mol. The molecule has 158 valence electrons. The molecule has 2 unspecified atom stereocenters. The molecule has 7 heteroatoms. The fraction of sp³-hybridized carbons (Fsp3) is 0.435. The lowest BCUT2D eigenvalue weighted by atomic mass is 9.99. The van der Waals surface area contributed by atoms with Gasteiger partial charge in [0.15, 0.2) is 0 Å². The van der Waals surface area contributed by atoms with E-state index in [-0.39, 0.29) is 36.4 Å². The molecule has 2 amide bonds. The van der Waals surface area contributed by atoms with Gasteiger partial charge in [0, 0.05) is 19.5 Å². The van der Waals surface area contributed by atoms with E-state index < -0.39 is 0 Å². The molecule has 4 rings (SSSR count). The molecular formula is C23H28N4O3. The summed E-state index contributed by atoms with van der Waals surface area (Å²) in [5.41, 5.74) is 3.04. The Kier molecular flexibility index (Phi) is 5.72. The van der Waals surface area contributed by atoms with Gasteiger partial charge in [0.25, 0.3) is 5.91 Å². The van der Waals surface area contributed by atoms with E-state index in [2.05, 4.69) is 5.32 Å². The number of amides is 2. The summed E-state index contributed by atoms with van der Waals surface area (Å²) in [6.45, 7) is 7.40. The molecule has 1 saturated heterocycles. The Labute approximate surface area is 176 Å². The highest BCUT2D eigenvalue weighted by Gasteiger charge is 2.38. The molecule has 2 atom stereocenters. The number of piperazine rings is 1. The first-order valence-corrected chi connectivity index (χ1v) is 10.5. The highest BCUT2D eigenvalue weighted by atomic mass is 16.3. The van der Waals surface area contributed by atoms with Gasteiger partial charge in [0.1, 0.15) is 11.8 Å². The number of furan rings is 1. The molecule has 1 N–H and O–H groups in total. The summed E-state index contributed by atoms with van der Waals surface area (Å²) in [6.07, 6.45) is 2.21. The number of rotatable bonds is 5. The second kappa shape index (κ2) is 8.44. The highest BCUT2D eigenvalue weighted by Crippen LogP contribution is 2.33. The SMILES string of the molecule is Cc1ccc(C2=NN(C(=O)CN3CCNC(=O)C3C(C)C)C(c3ccco3)C2)cc1. The Morgan fingerprint density at radius 3 is 2.70 bits per heavy atom. The van der Waals surface area contributed by atoms with Crippen molar-refractivity contribution in [3.63, 3.8) is 0 Å². The largest absolute Gasteiger partial charge is 0.467 e. The van der Waals surface area contributed by atoms with Crippen LogP contribution in [0.1, 0.15) is 43.2 Å². The third kappa shape index (κ3) is 4.03. The van der Waals surface area contributed by atoms with Crippen LogP contribution in [0.15, 0.2) is 52.2 Å². The van der Waals surface area contributed by atoms with E-state index in [9.17, 15) is 9.59 Å². The number of carbonyl (C=O) groups is 2. The lowest BCUT2D eigenvalue weighted by Crippen LogP contribution is -2.59. The molecule has 30 heavy (non-hydrogen) atoms. The summed E-state index contributed by atoms with van der Waals surface area (Å²) < 4.78 is 5.62. The maximum Gasteiger partial charge on any atom is 0.257 e. The van der Waals surface area contributed by atoms with Gasteiger partial charge in [-0.05, 0) is 30.5 Å². The predicted molar refractivity (Wildman–Crippen MR) is 114 cm³/mol. The van der Waals surface area contributed by atoms with Gasteiger partial charge in [-0.2, -0.15) is 5.10 Å². The Hall–Kier alpha value is -2.93. The van der Waals surface area contributed by atoms with Gasteiger partial charge in [0.2, 0.25) is 5.91 Å². The van der Waals surface area contributed by atoms with Crippen LogP contribution < -0.4 is 5.32 Å². The van der Waals surface area contributed by atoms with Gasteiger partial charge < -0.3 is 9.73 Å². The molecule has 0 aliphatic carbocycles. The van der Waals surface area contributed by atoms with Crippen LogP contribution in [-0.4, -0.2) is 53.1 Å². The van der Waals surface area contributed by atoms with Gasteiger partial charge in [-0.1, -0.05) is 43.7 Å². The van der Waals surface area contributed by atoms with Crippen molar-refractivity contribution in [3.8, 4) is 0 Å². The maximum atomic E-state index is 13.3. The summed E-state index contributed by atoms with van der Waals surface area (Å²) >= 11 is 0. The van der Waals surface area contributed by atoms with E-state index in [1.807, 2.05) is 62.1 Å². The van der Waals surface area contributed by atoms with E-state index in [0.717, 1.165) is 11.3 Å². The van der Waals surface area contributed by atoms with Gasteiger partial charge in [-0.3, -0.25) is 14.5 Å². The van der Waals surface area contributed by atoms with Gasteiger partial charge >= 0.3 is 0 Å². The molecule has 0 radical (unpaired) electrons. The van der Waals surface area contributed by atoms with E-state index in [1.165, 1.54) is 10.6 Å². The normalized spacial score (nSPS) is 22.3. The summed E-state index contributed by atoms with van der Waals surface area (Å²) in [4.78, 5) is 27.6. The first-order valence-electron chi connectivity index (χ1n) is 10.5. The van der Waals surface area contributed by atoms with Crippen molar-refractivity contribution in [1.29, 1.82) is 0 Å². The quantitative estimate of drug-likeness (QED) is 0.825. The molecule has 1 fully saturated rings. The van der Waals surface area contributed by atoms with Gasteiger partial charge in [0.05, 0.1) is 24.6 Å². The van der Waals surface area contributed by atoms with E-state index in [4.69, 9.17) is 9.52 Å². The van der Waals surface area contributed by atoms with Crippen LogP contribution >= 0.6 is 0 Å². The molecule has 3 heterocycles. The fourth-order valence-corrected chi connectivity index (χ4v) is 4.24. The van der Waals surface area contributed by atoms with Crippen LogP contribution in [0.25, 0.3) is 0 Å². The minimum Gasteiger partial charge on any atom is -0.467 e. The topological polar surface area (TPSA) is 78.2 Å². The monoisotopic (exact) mass is 408 g/mol. The molecule has 1 aromatic carbocycles. The number of carbonyl (C=O) groups excluding carboxylic acids is 2. The number of nitrogens with one attached hydrogen (secondary N) is 1. The smallest absolute Gasteiger partial charge is 0.257 e. The third-order valence-electron chi connectivity index (χ3n) is 5.75. The molecule has 1 aromatic heterocycles. The predicted octanol–water partition coefficient (Wildman–Crippen LogP) is 2.72. The number of hydrazone groups is 1. The number of hydrogen-bond acceptors (Lipinski definition) is 5. The van der Waals surface area contributed by atoms with E-state index >= 15 is 0 Å². The maximum absolute atomic E-state index is 13.3. The molecule has 0 saturated carbocycles. The van der Waals surface area contributed by atoms with Crippen LogP contribution in [0, 0.1) is 12.8 Å². The lowest BCUT2D eigenvalue weighted by Gasteiger charge is -2.37. The van der Waals surface area contributed by atoms with Crippen molar-refractivity contribution in [3.05, 3.63) is 59.5 Å². The van der Waals surface area contributed by atoms with Crippen molar-refractivity contribution >= 4 is 17.5 Å². The molecule has 2 aliphatic heterocycles. The van der Waals surface area contributed by atoms with Crippen molar-refractivity contribution < 1.29 is 14.0 Å². The van der Waals surface area contributed by atoms with Crippen LogP contribution in [-0.2, 0) is 9.59 Å². The zero-order valence-electron chi connectivity index (χ0n) is 17.7. The summed E-state index contributed by atoms with van der Waals surface area (Å²) in [7, 11) is 0. The van der Waals surface area contributed by atoms with Crippen LogP contribution in [0.5, 0.6) is 0 Å². The van der Waals surface area contributed by atoms with E-state index in [0.29, 0.717) is 25.3 Å². The summed E-state index contributed by atoms with van der Waals surface area (Å²) in [5, 5.41) is 9.13. The van der Waals surface area contributed by atoms with Gasteiger partial charge in [-0.25, -0.2) is 5.01 Å². The first-order chi connectivity index (χ1) is 14.4. The Morgan fingerprint density at radius 2 is 2.03 bits per heavy atom. The molecule has 7 nitrogen and oxygen atoms in total.